The molecule has 6 nitrogen and oxygen atoms in total. The Morgan fingerprint density at radius 3 is 2.95 bits per heavy atom. The molecule has 1 aromatic carbocycles. The number of rotatable bonds is 3. The molecule has 2 heterocycles. The molecule has 1 unspecified atom stereocenters. The lowest BCUT2D eigenvalue weighted by molar-refractivity contribution is 0.0893. The third-order valence-corrected chi connectivity index (χ3v) is 3.68. The number of nitrogens with zero attached hydrogens (tertiary/aromatic N) is 2. The Labute approximate surface area is 123 Å². The Balaban J connectivity index is 1.72. The van der Waals surface area contributed by atoms with Gasteiger partial charge in [-0.1, -0.05) is 17.2 Å². The predicted molar refractivity (Wildman–Crippen MR) is 74.3 cm³/mol. The van der Waals surface area contributed by atoms with Gasteiger partial charge in [0.2, 0.25) is 5.89 Å². The summed E-state index contributed by atoms with van der Waals surface area (Å²) in [6.45, 7) is 0.700. The van der Waals surface area contributed by atoms with Crippen LogP contribution >= 0.6 is 15.9 Å². The summed E-state index contributed by atoms with van der Waals surface area (Å²) < 4.78 is 11.6. The molecule has 1 amide bonds. The van der Waals surface area contributed by atoms with E-state index in [4.69, 9.17) is 9.15 Å². The fraction of sp³-hybridized carbons (Fsp3) is 0.308. The molecule has 1 aliphatic heterocycles. The van der Waals surface area contributed by atoms with E-state index in [-0.39, 0.29) is 18.0 Å². The Morgan fingerprint density at radius 2 is 2.20 bits per heavy atom. The molecule has 1 atom stereocenters. The van der Waals surface area contributed by atoms with Crippen molar-refractivity contribution in [2.45, 2.75) is 18.9 Å². The van der Waals surface area contributed by atoms with Gasteiger partial charge in [-0.05, 0) is 40.9 Å². The average Bonchev–Trinajstić information content (AvgIpc) is 3.09. The number of ether oxygens (including phenoxy) is 1. The number of aromatic nitrogens is 2. The molecule has 0 bridgehead atoms. The summed E-state index contributed by atoms with van der Waals surface area (Å²) in [4.78, 5) is 12.1. The van der Waals surface area contributed by atoms with Crippen LogP contribution in [0.1, 0.15) is 35.2 Å². The third-order valence-electron chi connectivity index (χ3n) is 2.98. The summed E-state index contributed by atoms with van der Waals surface area (Å²) >= 11 is 3.32. The van der Waals surface area contributed by atoms with Crippen LogP contribution in [0.15, 0.2) is 33.2 Å². The lowest BCUT2D eigenvalue weighted by Gasteiger charge is -2.03. The lowest BCUT2D eigenvalue weighted by Crippen LogP contribution is -2.12. The number of anilines is 1. The van der Waals surface area contributed by atoms with Crippen molar-refractivity contribution in [1.82, 2.24) is 10.2 Å². The molecule has 1 aliphatic rings. The number of hydrogen-bond acceptors (Lipinski definition) is 5. The van der Waals surface area contributed by atoms with E-state index in [9.17, 15) is 4.79 Å². The largest absolute Gasteiger partial charge is 0.405 e. The molecule has 2 aromatic rings. The highest BCUT2D eigenvalue weighted by Crippen LogP contribution is 2.28. The zero-order valence-electron chi connectivity index (χ0n) is 10.5. The lowest BCUT2D eigenvalue weighted by atomic mass is 10.2. The first-order valence-corrected chi connectivity index (χ1v) is 7.04. The standard InChI is InChI=1S/C13H12BrN3O3/c14-9-5-2-1-4-8(9)11(18)15-13-17-16-12(20-13)10-6-3-7-19-10/h1-2,4-5,10H,3,6-7H2,(H,15,17,18). The van der Waals surface area contributed by atoms with E-state index in [1.54, 1.807) is 18.2 Å². The number of nitrogens with one attached hydrogen (secondary N) is 1. The van der Waals surface area contributed by atoms with Crippen LogP contribution in [0.5, 0.6) is 0 Å². The summed E-state index contributed by atoms with van der Waals surface area (Å²) in [5.41, 5.74) is 0.504. The van der Waals surface area contributed by atoms with Crippen molar-refractivity contribution in [2.24, 2.45) is 0 Å². The van der Waals surface area contributed by atoms with Gasteiger partial charge >= 0.3 is 6.01 Å². The van der Waals surface area contributed by atoms with E-state index >= 15 is 0 Å². The van der Waals surface area contributed by atoms with Gasteiger partial charge in [-0.2, -0.15) is 0 Å². The SMILES string of the molecule is O=C(Nc1nnc(C2CCCO2)o1)c1ccccc1Br. The number of benzene rings is 1. The zero-order chi connectivity index (χ0) is 13.9. The van der Waals surface area contributed by atoms with Gasteiger partial charge in [-0.25, -0.2) is 0 Å². The highest BCUT2D eigenvalue weighted by Gasteiger charge is 2.24. The zero-order valence-corrected chi connectivity index (χ0v) is 12.1. The Bertz CT molecular complexity index is 623. The summed E-state index contributed by atoms with van der Waals surface area (Å²) in [5.74, 6) is 0.102. The smallest absolute Gasteiger partial charge is 0.322 e. The highest BCUT2D eigenvalue weighted by molar-refractivity contribution is 9.10. The minimum absolute atomic E-state index is 0.0799. The molecular weight excluding hydrogens is 326 g/mol. The second-order valence-electron chi connectivity index (χ2n) is 4.38. The van der Waals surface area contributed by atoms with Crippen molar-refractivity contribution in [2.75, 3.05) is 11.9 Å². The van der Waals surface area contributed by atoms with E-state index in [0.717, 1.165) is 12.8 Å². The van der Waals surface area contributed by atoms with Crippen molar-refractivity contribution in [1.29, 1.82) is 0 Å². The number of halogens is 1. The van der Waals surface area contributed by atoms with Gasteiger partial charge in [-0.3, -0.25) is 10.1 Å². The summed E-state index contributed by atoms with van der Waals surface area (Å²) in [6.07, 6.45) is 1.68. The molecule has 1 fully saturated rings. The Morgan fingerprint density at radius 1 is 1.35 bits per heavy atom. The van der Waals surface area contributed by atoms with Crippen LogP contribution in [0, 0.1) is 0 Å². The molecule has 1 aromatic heterocycles. The number of carbonyl (C=O) groups is 1. The molecule has 1 N–H and O–H groups in total. The number of carbonyl (C=O) groups excluding carboxylic acids is 1. The van der Waals surface area contributed by atoms with Crippen molar-refractivity contribution < 1.29 is 13.9 Å². The van der Waals surface area contributed by atoms with Crippen LogP contribution in [0.25, 0.3) is 0 Å². The van der Waals surface area contributed by atoms with Crippen LogP contribution < -0.4 is 5.32 Å². The molecule has 1 saturated heterocycles. The maximum atomic E-state index is 12.1. The van der Waals surface area contributed by atoms with E-state index in [1.807, 2.05) is 6.07 Å². The molecule has 0 aliphatic carbocycles. The van der Waals surface area contributed by atoms with E-state index < -0.39 is 0 Å². The minimum atomic E-state index is -0.306. The minimum Gasteiger partial charge on any atom is -0.405 e. The van der Waals surface area contributed by atoms with Gasteiger partial charge in [0.05, 0.1) is 5.56 Å². The molecule has 104 valence electrons. The fourth-order valence-electron chi connectivity index (χ4n) is 2.00. The van der Waals surface area contributed by atoms with Crippen molar-refractivity contribution in [3.8, 4) is 0 Å². The second kappa shape index (κ2) is 5.72. The quantitative estimate of drug-likeness (QED) is 0.931. The second-order valence-corrected chi connectivity index (χ2v) is 5.24. The van der Waals surface area contributed by atoms with E-state index in [0.29, 0.717) is 22.5 Å². The number of hydrogen-bond donors (Lipinski definition) is 1. The van der Waals surface area contributed by atoms with Gasteiger partial charge in [0.15, 0.2) is 0 Å². The van der Waals surface area contributed by atoms with Gasteiger partial charge in [0.1, 0.15) is 6.10 Å². The summed E-state index contributed by atoms with van der Waals surface area (Å²) in [5, 5.41) is 10.3. The van der Waals surface area contributed by atoms with Gasteiger partial charge in [0.25, 0.3) is 5.91 Å². The van der Waals surface area contributed by atoms with Crippen LogP contribution in [0.3, 0.4) is 0 Å². The Kier molecular flexibility index (Phi) is 3.79. The topological polar surface area (TPSA) is 77.2 Å². The first kappa shape index (κ1) is 13.3. The molecule has 0 radical (unpaired) electrons. The average molecular weight is 338 g/mol. The highest BCUT2D eigenvalue weighted by atomic mass is 79.9. The van der Waals surface area contributed by atoms with Crippen LogP contribution in [-0.2, 0) is 4.74 Å². The summed E-state index contributed by atoms with van der Waals surface area (Å²) in [6, 6.07) is 7.20. The molecule has 0 spiro atoms. The van der Waals surface area contributed by atoms with Crippen molar-refractivity contribution >= 4 is 27.9 Å². The molecule has 7 heteroatoms. The third kappa shape index (κ3) is 2.73. The monoisotopic (exact) mass is 337 g/mol. The van der Waals surface area contributed by atoms with Crippen LogP contribution in [0.4, 0.5) is 6.01 Å². The molecule has 20 heavy (non-hydrogen) atoms. The van der Waals surface area contributed by atoms with Crippen molar-refractivity contribution in [3.63, 3.8) is 0 Å². The maximum Gasteiger partial charge on any atom is 0.322 e. The maximum absolute atomic E-state index is 12.1. The predicted octanol–water partition coefficient (Wildman–Crippen LogP) is 2.94. The normalized spacial score (nSPS) is 18.1. The summed E-state index contributed by atoms with van der Waals surface area (Å²) in [7, 11) is 0. The molecule has 0 saturated carbocycles. The number of amides is 1. The van der Waals surface area contributed by atoms with Gasteiger partial charge < -0.3 is 9.15 Å². The fourth-order valence-corrected chi connectivity index (χ4v) is 2.46. The Hall–Kier alpha value is -1.73. The molecule has 3 rings (SSSR count). The van der Waals surface area contributed by atoms with Crippen LogP contribution in [-0.4, -0.2) is 22.7 Å². The van der Waals surface area contributed by atoms with Gasteiger partial charge in [-0.15, -0.1) is 5.10 Å². The molecular formula is C13H12BrN3O3. The van der Waals surface area contributed by atoms with E-state index in [2.05, 4.69) is 31.4 Å². The van der Waals surface area contributed by atoms with Crippen molar-refractivity contribution in [3.05, 3.63) is 40.2 Å². The first-order chi connectivity index (χ1) is 9.74. The van der Waals surface area contributed by atoms with Crippen LogP contribution in [0.2, 0.25) is 0 Å². The first-order valence-electron chi connectivity index (χ1n) is 6.25. The van der Waals surface area contributed by atoms with Gasteiger partial charge in [0, 0.05) is 11.1 Å². The van der Waals surface area contributed by atoms with E-state index in [1.165, 1.54) is 0 Å².